The molecular formula is C15H19NO4. The molecule has 108 valence electrons. The molecule has 0 saturated carbocycles. The topological polar surface area (TPSA) is 66.8 Å². The van der Waals surface area contributed by atoms with Gasteiger partial charge in [-0.2, -0.15) is 0 Å². The summed E-state index contributed by atoms with van der Waals surface area (Å²) in [4.78, 5) is 24.4. The van der Waals surface area contributed by atoms with E-state index in [0.29, 0.717) is 6.54 Å². The zero-order valence-electron chi connectivity index (χ0n) is 11.7. The molecule has 1 saturated heterocycles. The van der Waals surface area contributed by atoms with Crippen molar-refractivity contribution >= 4 is 11.9 Å². The molecule has 1 heterocycles. The second-order valence-corrected chi connectivity index (χ2v) is 5.29. The van der Waals surface area contributed by atoms with Crippen molar-refractivity contribution in [1.82, 2.24) is 4.90 Å². The van der Waals surface area contributed by atoms with Crippen molar-refractivity contribution in [3.63, 3.8) is 0 Å². The Labute approximate surface area is 118 Å². The second kappa shape index (κ2) is 5.94. The van der Waals surface area contributed by atoms with Gasteiger partial charge in [-0.15, -0.1) is 0 Å². The summed E-state index contributed by atoms with van der Waals surface area (Å²) in [7, 11) is 0. The van der Waals surface area contributed by atoms with Crippen LogP contribution in [0, 0.1) is 5.92 Å². The zero-order valence-corrected chi connectivity index (χ0v) is 11.7. The van der Waals surface area contributed by atoms with Gasteiger partial charge in [0.15, 0.2) is 0 Å². The predicted octanol–water partition coefficient (Wildman–Crippen LogP) is 1.91. The Kier molecular flexibility index (Phi) is 4.27. The highest BCUT2D eigenvalue weighted by molar-refractivity contribution is 5.86. The molecule has 20 heavy (non-hydrogen) atoms. The van der Waals surface area contributed by atoms with Crippen LogP contribution < -0.4 is 4.74 Å². The maximum atomic E-state index is 11.8. The Balaban J connectivity index is 2.10. The number of nitrogens with zero attached hydrogens (tertiary/aromatic N) is 1. The average Bonchev–Trinajstić information content (AvgIpc) is 2.73. The summed E-state index contributed by atoms with van der Waals surface area (Å²) < 4.78 is 5.71. The van der Waals surface area contributed by atoms with Crippen LogP contribution in [0.5, 0.6) is 5.75 Å². The molecule has 1 amide bonds. The lowest BCUT2D eigenvalue weighted by molar-refractivity contribution is -0.141. The summed E-state index contributed by atoms with van der Waals surface area (Å²) in [5.41, 5.74) is 0.903. The SMILES string of the molecule is CC(C)Oc1ccccc1CN1CC(C(=O)O)CC1=O. The minimum Gasteiger partial charge on any atom is -0.491 e. The van der Waals surface area contributed by atoms with Gasteiger partial charge in [-0.1, -0.05) is 18.2 Å². The number of carbonyl (C=O) groups excluding carboxylic acids is 1. The summed E-state index contributed by atoms with van der Waals surface area (Å²) in [6, 6.07) is 7.54. The van der Waals surface area contributed by atoms with E-state index in [0.717, 1.165) is 11.3 Å². The maximum absolute atomic E-state index is 11.8. The number of carboxylic acids is 1. The molecule has 1 unspecified atom stereocenters. The largest absolute Gasteiger partial charge is 0.491 e. The monoisotopic (exact) mass is 277 g/mol. The van der Waals surface area contributed by atoms with Gasteiger partial charge in [0.2, 0.25) is 5.91 Å². The fraction of sp³-hybridized carbons (Fsp3) is 0.467. The van der Waals surface area contributed by atoms with E-state index in [2.05, 4.69) is 0 Å². The zero-order chi connectivity index (χ0) is 14.7. The number of amides is 1. The van der Waals surface area contributed by atoms with Gasteiger partial charge in [0.1, 0.15) is 5.75 Å². The number of benzene rings is 1. The molecule has 1 aromatic rings. The van der Waals surface area contributed by atoms with Crippen LogP contribution in [0.1, 0.15) is 25.8 Å². The Hall–Kier alpha value is -2.04. The van der Waals surface area contributed by atoms with Crippen LogP contribution >= 0.6 is 0 Å². The number of hydrogen-bond donors (Lipinski definition) is 1. The first kappa shape index (κ1) is 14.4. The minimum atomic E-state index is -0.910. The van der Waals surface area contributed by atoms with E-state index in [4.69, 9.17) is 9.84 Å². The molecular weight excluding hydrogens is 258 g/mol. The first-order chi connectivity index (χ1) is 9.47. The highest BCUT2D eigenvalue weighted by atomic mass is 16.5. The number of para-hydroxylation sites is 1. The quantitative estimate of drug-likeness (QED) is 0.892. The highest BCUT2D eigenvalue weighted by Crippen LogP contribution is 2.25. The summed E-state index contributed by atoms with van der Waals surface area (Å²) in [6.45, 7) is 4.55. The van der Waals surface area contributed by atoms with Crippen molar-refractivity contribution in [3.8, 4) is 5.75 Å². The summed E-state index contributed by atoms with van der Waals surface area (Å²) in [5, 5.41) is 8.98. The smallest absolute Gasteiger partial charge is 0.308 e. The van der Waals surface area contributed by atoms with Crippen molar-refractivity contribution < 1.29 is 19.4 Å². The van der Waals surface area contributed by atoms with Gasteiger partial charge in [-0.05, 0) is 19.9 Å². The number of ether oxygens (including phenoxy) is 1. The average molecular weight is 277 g/mol. The lowest BCUT2D eigenvalue weighted by atomic mass is 10.1. The van der Waals surface area contributed by atoms with Crippen LogP contribution in [0.15, 0.2) is 24.3 Å². The molecule has 1 N–H and O–H groups in total. The summed E-state index contributed by atoms with van der Waals surface area (Å²) in [5.74, 6) is -0.876. The molecule has 0 bridgehead atoms. The van der Waals surface area contributed by atoms with Crippen molar-refractivity contribution in [2.45, 2.75) is 32.9 Å². The second-order valence-electron chi connectivity index (χ2n) is 5.29. The lowest BCUT2D eigenvalue weighted by Crippen LogP contribution is -2.26. The highest BCUT2D eigenvalue weighted by Gasteiger charge is 2.34. The number of rotatable bonds is 5. The van der Waals surface area contributed by atoms with Crippen LogP contribution in [0.2, 0.25) is 0 Å². The molecule has 1 aromatic carbocycles. The van der Waals surface area contributed by atoms with Crippen molar-refractivity contribution in [2.24, 2.45) is 5.92 Å². The molecule has 2 rings (SSSR count). The van der Waals surface area contributed by atoms with Crippen LogP contribution in [-0.4, -0.2) is 34.5 Å². The third kappa shape index (κ3) is 3.29. The van der Waals surface area contributed by atoms with Crippen molar-refractivity contribution in [1.29, 1.82) is 0 Å². The number of carbonyl (C=O) groups is 2. The Morgan fingerprint density at radius 1 is 1.45 bits per heavy atom. The van der Waals surface area contributed by atoms with Crippen molar-refractivity contribution in [3.05, 3.63) is 29.8 Å². The number of hydrogen-bond acceptors (Lipinski definition) is 3. The Morgan fingerprint density at radius 2 is 2.15 bits per heavy atom. The maximum Gasteiger partial charge on any atom is 0.308 e. The fourth-order valence-corrected chi connectivity index (χ4v) is 2.30. The molecule has 1 fully saturated rings. The van der Waals surface area contributed by atoms with Gasteiger partial charge in [0.25, 0.3) is 0 Å². The van der Waals surface area contributed by atoms with E-state index in [9.17, 15) is 9.59 Å². The van der Waals surface area contributed by atoms with Crippen LogP contribution in [-0.2, 0) is 16.1 Å². The summed E-state index contributed by atoms with van der Waals surface area (Å²) in [6.07, 6.45) is 0.139. The molecule has 1 atom stereocenters. The van der Waals surface area contributed by atoms with E-state index in [-0.39, 0.29) is 25.0 Å². The van der Waals surface area contributed by atoms with Crippen LogP contribution in [0.3, 0.4) is 0 Å². The first-order valence-corrected chi connectivity index (χ1v) is 6.72. The third-order valence-electron chi connectivity index (χ3n) is 3.26. The van der Waals surface area contributed by atoms with E-state index < -0.39 is 11.9 Å². The molecule has 5 nitrogen and oxygen atoms in total. The molecule has 1 aliphatic rings. The van der Waals surface area contributed by atoms with Gasteiger partial charge in [-0.3, -0.25) is 9.59 Å². The van der Waals surface area contributed by atoms with Crippen molar-refractivity contribution in [2.75, 3.05) is 6.54 Å². The fourth-order valence-electron chi connectivity index (χ4n) is 2.30. The van der Waals surface area contributed by atoms with Crippen LogP contribution in [0.25, 0.3) is 0 Å². The van der Waals surface area contributed by atoms with Gasteiger partial charge in [0, 0.05) is 25.1 Å². The predicted molar refractivity (Wildman–Crippen MR) is 73.4 cm³/mol. The van der Waals surface area contributed by atoms with Gasteiger partial charge >= 0.3 is 5.97 Å². The normalized spacial score (nSPS) is 18.6. The van der Waals surface area contributed by atoms with E-state index in [1.165, 1.54) is 0 Å². The minimum absolute atomic E-state index is 0.0530. The molecule has 0 aromatic heterocycles. The Bertz CT molecular complexity index is 512. The van der Waals surface area contributed by atoms with E-state index in [1.54, 1.807) is 4.90 Å². The van der Waals surface area contributed by atoms with Gasteiger partial charge in [0.05, 0.1) is 12.0 Å². The van der Waals surface area contributed by atoms with Crippen LogP contribution in [0.4, 0.5) is 0 Å². The number of carboxylic acid groups (broad SMARTS) is 1. The molecule has 5 heteroatoms. The van der Waals surface area contributed by atoms with Gasteiger partial charge < -0.3 is 14.7 Å². The Morgan fingerprint density at radius 3 is 2.75 bits per heavy atom. The summed E-state index contributed by atoms with van der Waals surface area (Å²) >= 11 is 0. The number of aliphatic carboxylic acids is 1. The van der Waals surface area contributed by atoms with Gasteiger partial charge in [-0.25, -0.2) is 0 Å². The molecule has 0 spiro atoms. The molecule has 0 aliphatic carbocycles. The van der Waals surface area contributed by atoms with E-state index in [1.807, 2.05) is 38.1 Å². The standard InChI is InChI=1S/C15H19NO4/c1-10(2)20-13-6-4-3-5-11(13)8-16-9-12(15(18)19)7-14(16)17/h3-6,10,12H,7-9H2,1-2H3,(H,18,19). The number of likely N-dealkylation sites (tertiary alicyclic amines) is 1. The third-order valence-corrected chi connectivity index (χ3v) is 3.26. The molecule has 0 radical (unpaired) electrons. The molecule has 1 aliphatic heterocycles. The first-order valence-electron chi connectivity index (χ1n) is 6.72. The van der Waals surface area contributed by atoms with E-state index >= 15 is 0 Å². The lowest BCUT2D eigenvalue weighted by Gasteiger charge is -2.19.